The van der Waals surface area contributed by atoms with Crippen molar-refractivity contribution in [1.82, 2.24) is 5.32 Å². The number of benzene rings is 1. The van der Waals surface area contributed by atoms with Crippen LogP contribution in [0.2, 0.25) is 0 Å². The van der Waals surface area contributed by atoms with Crippen molar-refractivity contribution in [3.05, 3.63) is 41.5 Å². The van der Waals surface area contributed by atoms with Gasteiger partial charge >= 0.3 is 0 Å². The van der Waals surface area contributed by atoms with Crippen LogP contribution in [0.15, 0.2) is 35.9 Å². The maximum absolute atomic E-state index is 11.7. The highest BCUT2D eigenvalue weighted by Gasteiger charge is 2.10. The molecule has 0 aliphatic heterocycles. The fourth-order valence-electron chi connectivity index (χ4n) is 1.27. The zero-order valence-electron chi connectivity index (χ0n) is 10.1. The minimum Gasteiger partial charge on any atom is -0.349 e. The van der Waals surface area contributed by atoms with E-state index in [9.17, 15) is 4.79 Å². The fraction of sp³-hybridized carbons (Fsp3) is 0.286. The van der Waals surface area contributed by atoms with Crippen LogP contribution in [-0.2, 0) is 4.79 Å². The van der Waals surface area contributed by atoms with Gasteiger partial charge in [0.15, 0.2) is 0 Å². The van der Waals surface area contributed by atoms with Crippen molar-refractivity contribution in [3.8, 4) is 6.07 Å². The van der Waals surface area contributed by atoms with E-state index in [1.165, 1.54) is 0 Å². The van der Waals surface area contributed by atoms with Gasteiger partial charge in [0, 0.05) is 6.04 Å². The van der Waals surface area contributed by atoms with Gasteiger partial charge in [-0.2, -0.15) is 5.26 Å². The van der Waals surface area contributed by atoms with E-state index in [4.69, 9.17) is 5.26 Å². The van der Waals surface area contributed by atoms with Gasteiger partial charge in [-0.15, -0.1) is 0 Å². The van der Waals surface area contributed by atoms with Crippen molar-refractivity contribution < 1.29 is 4.79 Å². The van der Waals surface area contributed by atoms with E-state index in [2.05, 4.69) is 5.32 Å². The summed E-state index contributed by atoms with van der Waals surface area (Å²) in [6.07, 6.45) is 2.44. The van der Waals surface area contributed by atoms with E-state index in [0.29, 0.717) is 0 Å². The molecule has 3 heteroatoms. The van der Waals surface area contributed by atoms with E-state index in [1.54, 1.807) is 6.08 Å². The molecule has 0 bridgehead atoms. The second-order valence-corrected chi connectivity index (χ2v) is 3.86. The SMILES string of the molecule is CC[C@@H](C)NC(=O)/C(C#N)=C/c1ccccc1. The molecule has 1 amide bonds. The Balaban J connectivity index is 2.82. The monoisotopic (exact) mass is 228 g/mol. The van der Waals surface area contributed by atoms with Crippen LogP contribution in [0.4, 0.5) is 0 Å². The number of hydrogen-bond donors (Lipinski definition) is 1. The minimum absolute atomic E-state index is 0.0787. The third-order valence-corrected chi connectivity index (χ3v) is 2.47. The number of nitrogens with zero attached hydrogens (tertiary/aromatic N) is 1. The van der Waals surface area contributed by atoms with Gasteiger partial charge < -0.3 is 5.32 Å². The molecule has 0 aliphatic carbocycles. The number of carbonyl (C=O) groups excluding carboxylic acids is 1. The highest BCUT2D eigenvalue weighted by molar-refractivity contribution is 6.01. The summed E-state index contributed by atoms with van der Waals surface area (Å²) in [7, 11) is 0. The van der Waals surface area contributed by atoms with Gasteiger partial charge in [0.2, 0.25) is 0 Å². The minimum atomic E-state index is -0.314. The van der Waals surface area contributed by atoms with Crippen LogP contribution >= 0.6 is 0 Å². The van der Waals surface area contributed by atoms with E-state index in [1.807, 2.05) is 50.2 Å². The summed E-state index contributed by atoms with van der Waals surface area (Å²) in [6, 6.07) is 11.3. The number of hydrogen-bond acceptors (Lipinski definition) is 2. The van der Waals surface area contributed by atoms with E-state index < -0.39 is 0 Å². The van der Waals surface area contributed by atoms with Crippen molar-refractivity contribution >= 4 is 12.0 Å². The maximum atomic E-state index is 11.7. The maximum Gasteiger partial charge on any atom is 0.262 e. The fourth-order valence-corrected chi connectivity index (χ4v) is 1.27. The zero-order chi connectivity index (χ0) is 12.7. The van der Waals surface area contributed by atoms with Gasteiger partial charge in [0.05, 0.1) is 0 Å². The Morgan fingerprint density at radius 1 is 1.47 bits per heavy atom. The van der Waals surface area contributed by atoms with Gasteiger partial charge in [-0.3, -0.25) is 4.79 Å². The molecule has 0 saturated heterocycles. The molecule has 1 rings (SSSR count). The Morgan fingerprint density at radius 3 is 2.65 bits per heavy atom. The van der Waals surface area contributed by atoms with Crippen molar-refractivity contribution in [2.24, 2.45) is 0 Å². The molecule has 0 heterocycles. The standard InChI is InChI=1S/C14H16N2O/c1-3-11(2)16-14(17)13(10-15)9-12-7-5-4-6-8-12/h4-9,11H,3H2,1-2H3,(H,16,17)/b13-9+/t11-/m1/s1. The highest BCUT2D eigenvalue weighted by Crippen LogP contribution is 2.06. The summed E-state index contributed by atoms with van der Waals surface area (Å²) in [5.74, 6) is -0.314. The molecule has 0 saturated carbocycles. The molecule has 17 heavy (non-hydrogen) atoms. The van der Waals surface area contributed by atoms with Crippen molar-refractivity contribution in [2.45, 2.75) is 26.3 Å². The smallest absolute Gasteiger partial charge is 0.262 e. The van der Waals surface area contributed by atoms with Crippen molar-refractivity contribution in [2.75, 3.05) is 0 Å². The van der Waals surface area contributed by atoms with Crippen LogP contribution in [0.5, 0.6) is 0 Å². The Labute approximate surface area is 102 Å². The molecule has 1 aromatic rings. The van der Waals surface area contributed by atoms with Gasteiger partial charge in [0.1, 0.15) is 11.6 Å². The predicted molar refractivity (Wildman–Crippen MR) is 67.9 cm³/mol. The second-order valence-electron chi connectivity index (χ2n) is 3.86. The van der Waals surface area contributed by atoms with Crippen LogP contribution in [0, 0.1) is 11.3 Å². The topological polar surface area (TPSA) is 52.9 Å². The van der Waals surface area contributed by atoms with Crippen LogP contribution in [-0.4, -0.2) is 11.9 Å². The molecule has 3 nitrogen and oxygen atoms in total. The molecule has 0 spiro atoms. The number of amides is 1. The summed E-state index contributed by atoms with van der Waals surface area (Å²) in [4.78, 5) is 11.7. The van der Waals surface area contributed by atoms with Gasteiger partial charge in [-0.1, -0.05) is 37.3 Å². The summed E-state index contributed by atoms with van der Waals surface area (Å²) in [5.41, 5.74) is 0.986. The number of carbonyl (C=O) groups is 1. The Morgan fingerprint density at radius 2 is 2.12 bits per heavy atom. The Bertz CT molecular complexity index is 443. The van der Waals surface area contributed by atoms with Crippen LogP contribution in [0.1, 0.15) is 25.8 Å². The lowest BCUT2D eigenvalue weighted by atomic mass is 10.1. The quantitative estimate of drug-likeness (QED) is 0.636. The average Bonchev–Trinajstić information content (AvgIpc) is 2.36. The van der Waals surface area contributed by atoms with E-state index >= 15 is 0 Å². The first kappa shape index (κ1) is 13.0. The second kappa shape index (κ2) is 6.49. The number of rotatable bonds is 4. The molecule has 1 aromatic carbocycles. The van der Waals surface area contributed by atoms with Crippen LogP contribution < -0.4 is 5.32 Å². The number of nitrogens with one attached hydrogen (secondary N) is 1. The zero-order valence-corrected chi connectivity index (χ0v) is 10.1. The van der Waals surface area contributed by atoms with Crippen molar-refractivity contribution in [3.63, 3.8) is 0 Å². The molecular formula is C14H16N2O. The first-order valence-electron chi connectivity index (χ1n) is 5.65. The Kier molecular flexibility index (Phi) is 4.96. The summed E-state index contributed by atoms with van der Waals surface area (Å²) < 4.78 is 0. The van der Waals surface area contributed by atoms with Crippen molar-refractivity contribution in [1.29, 1.82) is 5.26 Å². The summed E-state index contributed by atoms with van der Waals surface area (Å²) in [6.45, 7) is 3.90. The van der Waals surface area contributed by atoms with Crippen LogP contribution in [0.3, 0.4) is 0 Å². The highest BCUT2D eigenvalue weighted by atomic mass is 16.1. The van der Waals surface area contributed by atoms with E-state index in [-0.39, 0.29) is 17.5 Å². The summed E-state index contributed by atoms with van der Waals surface area (Å²) in [5, 5.41) is 11.7. The van der Waals surface area contributed by atoms with Gasteiger partial charge in [-0.25, -0.2) is 0 Å². The summed E-state index contributed by atoms with van der Waals surface area (Å²) >= 11 is 0. The average molecular weight is 228 g/mol. The molecule has 88 valence electrons. The molecule has 0 aromatic heterocycles. The molecule has 0 radical (unpaired) electrons. The molecule has 1 N–H and O–H groups in total. The molecule has 1 atom stereocenters. The normalized spacial score (nSPS) is 12.6. The lowest BCUT2D eigenvalue weighted by molar-refractivity contribution is -0.117. The molecule has 0 unspecified atom stereocenters. The third-order valence-electron chi connectivity index (χ3n) is 2.47. The lowest BCUT2D eigenvalue weighted by Crippen LogP contribution is -2.32. The van der Waals surface area contributed by atoms with Crippen LogP contribution in [0.25, 0.3) is 6.08 Å². The Hall–Kier alpha value is -2.08. The molecule has 0 aliphatic rings. The molecule has 0 fully saturated rings. The third kappa shape index (κ3) is 4.12. The largest absolute Gasteiger partial charge is 0.349 e. The lowest BCUT2D eigenvalue weighted by Gasteiger charge is -2.10. The van der Waals surface area contributed by atoms with E-state index in [0.717, 1.165) is 12.0 Å². The predicted octanol–water partition coefficient (Wildman–Crippen LogP) is 2.51. The first-order valence-corrected chi connectivity index (χ1v) is 5.65. The molecular weight excluding hydrogens is 212 g/mol. The number of nitriles is 1. The van der Waals surface area contributed by atoms with Gasteiger partial charge in [-0.05, 0) is 25.0 Å². The first-order chi connectivity index (χ1) is 8.17. The van der Waals surface area contributed by atoms with Gasteiger partial charge in [0.25, 0.3) is 5.91 Å².